The number of allylic oxidation sites excluding steroid dienone is 1. The van der Waals surface area contributed by atoms with Gasteiger partial charge in [-0.3, -0.25) is 4.79 Å². The van der Waals surface area contributed by atoms with Crippen molar-refractivity contribution in [3.8, 4) is 0 Å². The molecule has 0 radical (unpaired) electrons. The minimum absolute atomic E-state index is 0.0739. The van der Waals surface area contributed by atoms with Crippen molar-refractivity contribution in [1.29, 1.82) is 0 Å². The summed E-state index contributed by atoms with van der Waals surface area (Å²) in [4.78, 5) is 24.6. The highest BCUT2D eigenvalue weighted by atomic mass is 35.5. The van der Waals surface area contributed by atoms with Gasteiger partial charge in [-0.05, 0) is 29.8 Å². The maximum Gasteiger partial charge on any atom is 0.328 e. The first-order valence-electron chi connectivity index (χ1n) is 8.00. The minimum atomic E-state index is -0.910. The molecule has 138 valence electrons. The van der Waals surface area contributed by atoms with Crippen LogP contribution in [0.25, 0.3) is 0 Å². The molecule has 8 heteroatoms. The van der Waals surface area contributed by atoms with Crippen LogP contribution in [-0.4, -0.2) is 37.7 Å². The molecule has 1 saturated heterocycles. The molecule has 0 saturated carbocycles. The molecule has 1 fully saturated rings. The van der Waals surface area contributed by atoms with Crippen LogP contribution >= 0.6 is 23.2 Å². The van der Waals surface area contributed by atoms with Crippen LogP contribution < -0.4 is 5.32 Å². The summed E-state index contributed by atoms with van der Waals surface area (Å²) in [6, 6.07) is 3.63. The quantitative estimate of drug-likeness (QED) is 0.771. The van der Waals surface area contributed by atoms with Gasteiger partial charge in [0.15, 0.2) is 6.10 Å². The summed E-state index contributed by atoms with van der Waals surface area (Å²) in [6.45, 7) is 0.599. The van der Waals surface area contributed by atoms with Crippen molar-refractivity contribution >= 4 is 35.1 Å². The average Bonchev–Trinajstić information content (AvgIpc) is 3.10. The third-order valence-electron chi connectivity index (χ3n) is 4.08. The molecule has 2 aliphatic heterocycles. The molecule has 2 heterocycles. The molecule has 3 rings (SSSR count). The van der Waals surface area contributed by atoms with Crippen molar-refractivity contribution in [1.82, 2.24) is 5.32 Å². The van der Waals surface area contributed by atoms with Crippen LogP contribution in [0.2, 0.25) is 10.0 Å². The number of hydrogen-bond donors (Lipinski definition) is 1. The zero-order chi connectivity index (χ0) is 18.7. The molecule has 0 aliphatic carbocycles. The van der Waals surface area contributed by atoms with Gasteiger partial charge in [0.25, 0.3) is 5.91 Å². The third kappa shape index (κ3) is 4.14. The van der Waals surface area contributed by atoms with Gasteiger partial charge in [0.2, 0.25) is 0 Å². The highest BCUT2D eigenvalue weighted by Gasteiger charge is 2.29. The third-order valence-corrected chi connectivity index (χ3v) is 4.65. The zero-order valence-corrected chi connectivity index (χ0v) is 15.5. The Balaban J connectivity index is 1.74. The van der Waals surface area contributed by atoms with Crippen LogP contribution in [0.4, 0.5) is 0 Å². The number of methoxy groups -OCH3 is 1. The molecule has 0 spiro atoms. The van der Waals surface area contributed by atoms with E-state index in [0.717, 1.165) is 12.2 Å². The van der Waals surface area contributed by atoms with E-state index >= 15 is 0 Å². The summed E-state index contributed by atoms with van der Waals surface area (Å²) in [5.41, 5.74) is 0.894. The van der Waals surface area contributed by atoms with Gasteiger partial charge >= 0.3 is 5.97 Å². The Labute approximate surface area is 160 Å². The van der Waals surface area contributed by atoms with Crippen LogP contribution in [-0.2, 0) is 19.0 Å². The van der Waals surface area contributed by atoms with Gasteiger partial charge in [0, 0.05) is 17.9 Å². The first-order chi connectivity index (χ1) is 12.5. The second-order valence-corrected chi connectivity index (χ2v) is 6.72. The van der Waals surface area contributed by atoms with E-state index in [1.165, 1.54) is 19.2 Å². The second kappa shape index (κ2) is 8.01. The first kappa shape index (κ1) is 18.6. The normalized spacial score (nSPS) is 19.3. The molecule has 1 N–H and O–H groups in total. The van der Waals surface area contributed by atoms with E-state index in [0.29, 0.717) is 17.2 Å². The van der Waals surface area contributed by atoms with Crippen molar-refractivity contribution in [2.24, 2.45) is 0 Å². The Morgan fingerprint density at radius 3 is 2.96 bits per heavy atom. The molecule has 1 aromatic carbocycles. The maximum atomic E-state index is 12.5. The number of nitrogens with one attached hydrogen (secondary N) is 1. The molecule has 1 unspecified atom stereocenters. The van der Waals surface area contributed by atoms with E-state index in [2.05, 4.69) is 5.32 Å². The van der Waals surface area contributed by atoms with Gasteiger partial charge in [0.1, 0.15) is 11.8 Å². The summed E-state index contributed by atoms with van der Waals surface area (Å²) >= 11 is 12.0. The number of benzene rings is 1. The molecular formula is C18H17Cl2NO5. The Morgan fingerprint density at radius 2 is 2.19 bits per heavy atom. The fourth-order valence-electron chi connectivity index (χ4n) is 2.76. The summed E-state index contributed by atoms with van der Waals surface area (Å²) in [5, 5.41) is 3.24. The lowest BCUT2D eigenvalue weighted by Crippen LogP contribution is -2.42. The molecule has 1 aromatic rings. The summed E-state index contributed by atoms with van der Waals surface area (Å²) < 4.78 is 15.9. The van der Waals surface area contributed by atoms with E-state index in [9.17, 15) is 9.59 Å². The topological polar surface area (TPSA) is 73.9 Å². The number of fused-ring (bicyclic) bond motifs is 1. The van der Waals surface area contributed by atoms with Crippen LogP contribution in [0, 0.1) is 0 Å². The number of esters is 1. The lowest BCUT2D eigenvalue weighted by Gasteiger charge is -2.21. The SMILES string of the molecule is COC(=O)[C@H](CC1=COC2CCOC2=C1)NC(=O)c1cc(Cl)ccc1Cl. The lowest BCUT2D eigenvalue weighted by molar-refractivity contribution is -0.142. The Kier molecular flexibility index (Phi) is 5.74. The number of rotatable bonds is 5. The molecule has 2 atom stereocenters. The zero-order valence-electron chi connectivity index (χ0n) is 14.0. The predicted molar refractivity (Wildman–Crippen MR) is 96.0 cm³/mol. The number of carbonyl (C=O) groups is 2. The highest BCUT2D eigenvalue weighted by molar-refractivity contribution is 6.35. The fourth-order valence-corrected chi connectivity index (χ4v) is 3.14. The van der Waals surface area contributed by atoms with E-state index in [4.69, 9.17) is 37.4 Å². The van der Waals surface area contributed by atoms with Crippen molar-refractivity contribution < 1.29 is 23.8 Å². The van der Waals surface area contributed by atoms with Gasteiger partial charge < -0.3 is 19.5 Å². The van der Waals surface area contributed by atoms with E-state index in [1.54, 1.807) is 12.3 Å². The number of ether oxygens (including phenoxy) is 3. The molecule has 0 aromatic heterocycles. The Morgan fingerprint density at radius 1 is 1.38 bits per heavy atom. The number of halogens is 2. The minimum Gasteiger partial charge on any atom is -0.494 e. The van der Waals surface area contributed by atoms with Crippen LogP contribution in [0.3, 0.4) is 0 Å². The largest absolute Gasteiger partial charge is 0.494 e. The number of carbonyl (C=O) groups excluding carboxylic acids is 2. The predicted octanol–water partition coefficient (Wildman–Crippen LogP) is 3.24. The average molecular weight is 398 g/mol. The summed E-state index contributed by atoms with van der Waals surface area (Å²) in [5.74, 6) is -0.367. The van der Waals surface area contributed by atoms with Gasteiger partial charge in [-0.1, -0.05) is 23.2 Å². The van der Waals surface area contributed by atoms with E-state index in [1.807, 2.05) is 6.08 Å². The summed E-state index contributed by atoms with van der Waals surface area (Å²) in [6.07, 6.45) is 4.32. The molecule has 26 heavy (non-hydrogen) atoms. The molecule has 6 nitrogen and oxygen atoms in total. The standard InChI is InChI=1S/C18H17Cl2NO5/c1-24-18(23)14(6-10-7-16-15(26-9-10)4-5-25-16)21-17(22)12-8-11(19)2-3-13(12)20/h2-3,7-9,14-15H,4-6H2,1H3,(H,21,22)/t14-,15?/m0/s1. The van der Waals surface area contributed by atoms with E-state index in [-0.39, 0.29) is 23.1 Å². The van der Waals surface area contributed by atoms with Crippen LogP contribution in [0.5, 0.6) is 0 Å². The van der Waals surface area contributed by atoms with Gasteiger partial charge in [-0.15, -0.1) is 0 Å². The maximum absolute atomic E-state index is 12.5. The summed E-state index contributed by atoms with van der Waals surface area (Å²) in [7, 11) is 1.26. The monoisotopic (exact) mass is 397 g/mol. The smallest absolute Gasteiger partial charge is 0.328 e. The van der Waals surface area contributed by atoms with Gasteiger partial charge in [0.05, 0.1) is 30.6 Å². The highest BCUT2D eigenvalue weighted by Crippen LogP contribution is 2.28. The van der Waals surface area contributed by atoms with Crippen LogP contribution in [0.1, 0.15) is 23.2 Å². The van der Waals surface area contributed by atoms with Crippen molar-refractivity contribution in [3.05, 3.63) is 57.5 Å². The Hall–Kier alpha value is -2.18. The molecular weight excluding hydrogens is 381 g/mol. The van der Waals surface area contributed by atoms with Crippen molar-refractivity contribution in [3.63, 3.8) is 0 Å². The Bertz CT molecular complexity index is 790. The first-order valence-corrected chi connectivity index (χ1v) is 8.76. The molecule has 1 amide bonds. The molecule has 0 bridgehead atoms. The number of amides is 1. The van der Waals surface area contributed by atoms with Crippen molar-refractivity contribution in [2.75, 3.05) is 13.7 Å². The fraction of sp³-hybridized carbons (Fsp3) is 0.333. The molecule has 2 aliphatic rings. The van der Waals surface area contributed by atoms with Gasteiger partial charge in [-0.25, -0.2) is 4.79 Å². The number of hydrogen-bond acceptors (Lipinski definition) is 5. The second-order valence-electron chi connectivity index (χ2n) is 5.88. The van der Waals surface area contributed by atoms with Crippen molar-refractivity contribution in [2.45, 2.75) is 25.0 Å². The lowest BCUT2D eigenvalue weighted by atomic mass is 10.0. The van der Waals surface area contributed by atoms with Crippen LogP contribution in [0.15, 0.2) is 41.9 Å². The van der Waals surface area contributed by atoms with E-state index < -0.39 is 17.9 Å². The van der Waals surface area contributed by atoms with Gasteiger partial charge in [-0.2, -0.15) is 0 Å².